The summed E-state index contributed by atoms with van der Waals surface area (Å²) in [5.41, 5.74) is 8.35. The molecule has 0 atom stereocenters. The zero-order valence-electron chi connectivity index (χ0n) is 13.2. The Hall–Kier alpha value is -0.670. The van der Waals surface area contributed by atoms with Crippen LogP contribution in [-0.2, 0) is 17.4 Å². The van der Waals surface area contributed by atoms with Crippen LogP contribution in [-0.4, -0.2) is 9.79 Å². The van der Waals surface area contributed by atoms with Crippen LogP contribution in [0.5, 0.6) is 5.75 Å². The molecule has 0 aliphatic heterocycles. The highest BCUT2D eigenvalue weighted by molar-refractivity contribution is 7.39. The van der Waals surface area contributed by atoms with Crippen LogP contribution in [0.1, 0.15) is 58.2 Å². The molecule has 0 unspecified atom stereocenters. The minimum Gasteiger partial charge on any atom is -0.426 e. The standard InChI is InChI=1S/C15H26NO3P/c1-14(2,3)11-7-10(9-16)8-12(15(4,5)6)13(11)19-20(17)18/h7-8,17-18H,9,16H2,1-6H3. The Kier molecular flexibility index (Phi) is 5.20. The summed E-state index contributed by atoms with van der Waals surface area (Å²) in [5, 5.41) is 0. The van der Waals surface area contributed by atoms with Gasteiger partial charge in [0, 0.05) is 17.7 Å². The van der Waals surface area contributed by atoms with Crippen LogP contribution >= 0.6 is 8.60 Å². The molecule has 0 heterocycles. The second kappa shape index (κ2) is 5.98. The smallest absolute Gasteiger partial charge is 0.391 e. The molecule has 0 aromatic heterocycles. The molecule has 0 aliphatic rings. The highest BCUT2D eigenvalue weighted by Gasteiger charge is 2.29. The molecule has 1 rings (SSSR count). The van der Waals surface area contributed by atoms with Gasteiger partial charge in [-0.1, -0.05) is 53.7 Å². The molecule has 4 N–H and O–H groups in total. The first-order valence-electron chi connectivity index (χ1n) is 6.70. The van der Waals surface area contributed by atoms with Crippen molar-refractivity contribution < 1.29 is 14.3 Å². The molecular formula is C15H26NO3P. The molecule has 0 saturated carbocycles. The minimum absolute atomic E-state index is 0.175. The minimum atomic E-state index is -2.45. The molecule has 0 spiro atoms. The van der Waals surface area contributed by atoms with Gasteiger partial charge in [-0.15, -0.1) is 0 Å². The van der Waals surface area contributed by atoms with E-state index in [1.54, 1.807) is 0 Å². The number of nitrogens with two attached hydrogens (primary N) is 1. The molecule has 0 aliphatic carbocycles. The monoisotopic (exact) mass is 299 g/mol. The molecule has 0 bridgehead atoms. The van der Waals surface area contributed by atoms with Gasteiger partial charge in [0.05, 0.1) is 0 Å². The Morgan fingerprint density at radius 3 is 1.65 bits per heavy atom. The molecule has 1 aromatic carbocycles. The van der Waals surface area contributed by atoms with Gasteiger partial charge in [-0.05, 0) is 16.4 Å². The molecule has 20 heavy (non-hydrogen) atoms. The zero-order valence-corrected chi connectivity index (χ0v) is 14.1. The van der Waals surface area contributed by atoms with Crippen molar-refractivity contribution >= 4 is 8.60 Å². The Morgan fingerprint density at radius 2 is 1.40 bits per heavy atom. The first kappa shape index (κ1) is 17.4. The first-order valence-corrected chi connectivity index (χ1v) is 7.87. The van der Waals surface area contributed by atoms with Gasteiger partial charge in [0.2, 0.25) is 0 Å². The van der Waals surface area contributed by atoms with Crippen LogP contribution in [0.25, 0.3) is 0 Å². The molecule has 4 nitrogen and oxygen atoms in total. The first-order chi connectivity index (χ1) is 8.96. The van der Waals surface area contributed by atoms with Gasteiger partial charge in [0.25, 0.3) is 0 Å². The maximum atomic E-state index is 9.29. The van der Waals surface area contributed by atoms with Crippen molar-refractivity contribution in [1.29, 1.82) is 0 Å². The molecule has 1 aromatic rings. The summed E-state index contributed by atoms with van der Waals surface area (Å²) in [4.78, 5) is 18.6. The van der Waals surface area contributed by atoms with Crippen molar-refractivity contribution in [3.63, 3.8) is 0 Å². The van der Waals surface area contributed by atoms with Crippen LogP contribution in [0.4, 0.5) is 0 Å². The predicted octanol–water partition coefficient (Wildman–Crippen LogP) is 3.33. The van der Waals surface area contributed by atoms with Crippen LogP contribution < -0.4 is 10.3 Å². The summed E-state index contributed by atoms with van der Waals surface area (Å²) in [6, 6.07) is 3.98. The third-order valence-electron chi connectivity index (χ3n) is 3.17. The summed E-state index contributed by atoms with van der Waals surface area (Å²) in [5.74, 6) is 0.568. The average Bonchev–Trinajstić information content (AvgIpc) is 2.25. The lowest BCUT2D eigenvalue weighted by atomic mass is 9.78. The normalized spacial score (nSPS) is 12.9. The highest BCUT2D eigenvalue weighted by atomic mass is 31.2. The Bertz CT molecular complexity index is 438. The third-order valence-corrected chi connectivity index (χ3v) is 3.52. The Labute approximate surface area is 123 Å². The average molecular weight is 299 g/mol. The van der Waals surface area contributed by atoms with Crippen LogP contribution in [0.15, 0.2) is 12.1 Å². The maximum Gasteiger partial charge on any atom is 0.391 e. The molecule has 5 heteroatoms. The van der Waals surface area contributed by atoms with E-state index in [-0.39, 0.29) is 10.8 Å². The van der Waals surface area contributed by atoms with E-state index in [4.69, 9.17) is 10.3 Å². The van der Waals surface area contributed by atoms with Crippen LogP contribution in [0.3, 0.4) is 0 Å². The summed E-state index contributed by atoms with van der Waals surface area (Å²) in [6.07, 6.45) is 0. The predicted molar refractivity (Wildman–Crippen MR) is 83.7 cm³/mol. The maximum absolute atomic E-state index is 9.29. The SMILES string of the molecule is CC(C)(C)c1cc(CN)cc(C(C)(C)C)c1OP(O)O. The van der Waals surface area contributed by atoms with Crippen LogP contribution in [0.2, 0.25) is 0 Å². The van der Waals surface area contributed by atoms with Crippen molar-refractivity contribution in [1.82, 2.24) is 0 Å². The van der Waals surface area contributed by atoms with Gasteiger partial charge in [0.1, 0.15) is 5.75 Å². The second-order valence-corrected chi connectivity index (χ2v) is 7.76. The fourth-order valence-electron chi connectivity index (χ4n) is 2.10. The van der Waals surface area contributed by atoms with Gasteiger partial charge in [-0.3, -0.25) is 0 Å². The summed E-state index contributed by atoms with van der Waals surface area (Å²) in [7, 11) is -2.45. The third kappa shape index (κ3) is 4.16. The summed E-state index contributed by atoms with van der Waals surface area (Å²) >= 11 is 0. The van der Waals surface area contributed by atoms with E-state index in [0.717, 1.165) is 16.7 Å². The lowest BCUT2D eigenvalue weighted by molar-refractivity contribution is 0.364. The van der Waals surface area contributed by atoms with Gasteiger partial charge in [0.15, 0.2) is 0 Å². The molecular weight excluding hydrogens is 273 g/mol. The van der Waals surface area contributed by atoms with Crippen LogP contribution in [0, 0.1) is 0 Å². The number of hydrogen-bond donors (Lipinski definition) is 3. The molecule has 0 amide bonds. The van der Waals surface area contributed by atoms with Crippen molar-refractivity contribution in [2.24, 2.45) is 5.73 Å². The van der Waals surface area contributed by atoms with Crippen molar-refractivity contribution in [3.05, 3.63) is 28.8 Å². The number of rotatable bonds is 3. The van der Waals surface area contributed by atoms with E-state index in [0.29, 0.717) is 12.3 Å². The van der Waals surface area contributed by atoms with E-state index in [2.05, 4.69) is 41.5 Å². The fourth-order valence-corrected chi connectivity index (χ4v) is 2.46. The molecule has 0 saturated heterocycles. The lowest BCUT2D eigenvalue weighted by Gasteiger charge is -2.30. The zero-order chi connectivity index (χ0) is 15.7. The van der Waals surface area contributed by atoms with E-state index < -0.39 is 8.60 Å². The van der Waals surface area contributed by atoms with Crippen molar-refractivity contribution in [2.75, 3.05) is 0 Å². The molecule has 114 valence electrons. The van der Waals surface area contributed by atoms with E-state index in [1.165, 1.54) is 0 Å². The van der Waals surface area contributed by atoms with Crippen molar-refractivity contribution in [2.45, 2.75) is 58.9 Å². The quantitative estimate of drug-likeness (QED) is 0.748. The fraction of sp³-hybridized carbons (Fsp3) is 0.600. The second-order valence-electron chi connectivity index (χ2n) is 7.07. The Morgan fingerprint density at radius 1 is 1.00 bits per heavy atom. The highest BCUT2D eigenvalue weighted by Crippen LogP contribution is 2.44. The number of benzene rings is 1. The number of hydrogen-bond acceptors (Lipinski definition) is 4. The van der Waals surface area contributed by atoms with Gasteiger partial charge < -0.3 is 20.0 Å². The molecule has 0 radical (unpaired) electrons. The van der Waals surface area contributed by atoms with Gasteiger partial charge >= 0.3 is 8.60 Å². The molecule has 0 fully saturated rings. The van der Waals surface area contributed by atoms with E-state index in [9.17, 15) is 9.79 Å². The summed E-state index contributed by atoms with van der Waals surface area (Å²) < 4.78 is 5.36. The topological polar surface area (TPSA) is 75.7 Å². The van der Waals surface area contributed by atoms with Gasteiger partial charge in [-0.25, -0.2) is 0 Å². The largest absolute Gasteiger partial charge is 0.426 e. The Balaban J connectivity index is 3.63. The van der Waals surface area contributed by atoms with Gasteiger partial charge in [-0.2, -0.15) is 0 Å². The van der Waals surface area contributed by atoms with Crippen molar-refractivity contribution in [3.8, 4) is 5.75 Å². The van der Waals surface area contributed by atoms with E-state index in [1.807, 2.05) is 12.1 Å². The lowest BCUT2D eigenvalue weighted by Crippen LogP contribution is -2.20. The summed E-state index contributed by atoms with van der Waals surface area (Å²) in [6.45, 7) is 12.9. The van der Waals surface area contributed by atoms with E-state index >= 15 is 0 Å².